The highest BCUT2D eigenvalue weighted by molar-refractivity contribution is 5.76. The molecule has 1 unspecified atom stereocenters. The maximum Gasteiger partial charge on any atom is 0.314 e. The number of rotatable bonds is 13. The third-order valence-corrected chi connectivity index (χ3v) is 9.72. The second-order valence-electron chi connectivity index (χ2n) is 12.9. The average molecular weight is 689 g/mol. The Morgan fingerprint density at radius 1 is 0.612 bits per heavy atom. The van der Waals surface area contributed by atoms with Gasteiger partial charge in [-0.15, -0.1) is 0 Å². The molecular formula is C39H42F6O4. The first-order chi connectivity index (χ1) is 23.6. The van der Waals surface area contributed by atoms with Crippen LogP contribution in [0, 0.1) is 52.7 Å². The number of hydrogen-bond acceptors (Lipinski definition) is 4. The summed E-state index contributed by atoms with van der Waals surface area (Å²) >= 11 is 0. The summed E-state index contributed by atoms with van der Waals surface area (Å²) in [6, 6.07) is 7.42. The smallest absolute Gasteiger partial charge is 0.314 e. The molecule has 4 nitrogen and oxygen atoms in total. The van der Waals surface area contributed by atoms with Crippen molar-refractivity contribution in [1.82, 2.24) is 0 Å². The van der Waals surface area contributed by atoms with E-state index in [4.69, 9.17) is 14.2 Å². The molecule has 10 heteroatoms. The predicted molar refractivity (Wildman–Crippen MR) is 175 cm³/mol. The highest BCUT2D eigenvalue weighted by atomic mass is 19.2. The van der Waals surface area contributed by atoms with Gasteiger partial charge in [-0.1, -0.05) is 32.8 Å². The summed E-state index contributed by atoms with van der Waals surface area (Å²) in [5.41, 5.74) is 0.0247. The molecule has 2 aliphatic carbocycles. The Labute approximate surface area is 283 Å². The Morgan fingerprint density at radius 2 is 1.10 bits per heavy atom. The van der Waals surface area contributed by atoms with E-state index in [1.807, 2.05) is 19.9 Å². The Balaban J connectivity index is 1.15. The van der Waals surface area contributed by atoms with Crippen molar-refractivity contribution in [3.8, 4) is 28.4 Å². The highest BCUT2D eigenvalue weighted by Crippen LogP contribution is 2.43. The Kier molecular flexibility index (Phi) is 12.3. The molecule has 0 saturated heterocycles. The Bertz CT molecular complexity index is 1660. The fraction of sp³-hybridized carbons (Fsp3) is 0.462. The van der Waals surface area contributed by atoms with Crippen LogP contribution in [0.4, 0.5) is 26.3 Å². The quantitative estimate of drug-likeness (QED) is 0.0776. The summed E-state index contributed by atoms with van der Waals surface area (Å²) in [5, 5.41) is 0. The van der Waals surface area contributed by atoms with Gasteiger partial charge in [0.05, 0.1) is 19.1 Å². The van der Waals surface area contributed by atoms with Crippen LogP contribution < -0.4 is 14.2 Å². The number of carbonyl (C=O) groups excluding carboxylic acids is 1. The zero-order valence-electron chi connectivity index (χ0n) is 27.9. The molecule has 0 N–H and O–H groups in total. The maximum atomic E-state index is 15.1. The van der Waals surface area contributed by atoms with E-state index in [9.17, 15) is 22.4 Å². The largest absolute Gasteiger partial charge is 0.490 e. The summed E-state index contributed by atoms with van der Waals surface area (Å²) in [4.78, 5) is 13.0. The number of halogens is 6. The minimum absolute atomic E-state index is 0.0780. The van der Waals surface area contributed by atoms with E-state index in [0.29, 0.717) is 50.5 Å². The second-order valence-corrected chi connectivity index (χ2v) is 12.9. The van der Waals surface area contributed by atoms with Crippen LogP contribution in [0.5, 0.6) is 17.2 Å². The van der Waals surface area contributed by atoms with Crippen LogP contribution in [-0.2, 0) is 4.79 Å². The number of carbonyl (C=O) groups is 1. The monoisotopic (exact) mass is 688 g/mol. The summed E-state index contributed by atoms with van der Waals surface area (Å²) < 4.78 is 105. The van der Waals surface area contributed by atoms with Crippen molar-refractivity contribution >= 4 is 11.5 Å². The summed E-state index contributed by atoms with van der Waals surface area (Å²) in [6.07, 6.45) is 9.66. The zero-order valence-corrected chi connectivity index (χ0v) is 27.9. The summed E-state index contributed by atoms with van der Waals surface area (Å²) in [6.45, 7) is 4.42. The highest BCUT2D eigenvalue weighted by Gasteiger charge is 2.33. The molecule has 2 aliphatic rings. The van der Waals surface area contributed by atoms with Gasteiger partial charge in [0.15, 0.2) is 34.7 Å². The Morgan fingerprint density at radius 3 is 1.61 bits per heavy atom. The second kappa shape index (κ2) is 16.6. The number of hydrogen-bond donors (Lipinski definition) is 0. The van der Waals surface area contributed by atoms with Gasteiger partial charge in [-0.2, -0.15) is 13.2 Å². The minimum Gasteiger partial charge on any atom is -0.490 e. The van der Waals surface area contributed by atoms with Crippen molar-refractivity contribution in [3.63, 3.8) is 0 Å². The van der Waals surface area contributed by atoms with Crippen molar-refractivity contribution in [2.24, 2.45) is 17.8 Å². The van der Waals surface area contributed by atoms with E-state index in [-0.39, 0.29) is 23.7 Å². The summed E-state index contributed by atoms with van der Waals surface area (Å²) in [7, 11) is 0. The van der Waals surface area contributed by atoms with Gasteiger partial charge in [-0.05, 0) is 112 Å². The van der Waals surface area contributed by atoms with E-state index < -0.39 is 63.7 Å². The standard InChI is InChI=1S/C39H42F6O4/c1-3-5-21-47-30-18-15-27(33(40)36(30)43)25-11-7-23(8-12-25)24-9-13-26(14-10-24)39(46)49-32-20-17-29(35(42)38(32)45)28-16-19-31(37(44)34(28)41)48-22-6-4-2/h11,15-20,23-24,26H,3-10,12-14,21-22H2,1-2H3. The lowest BCUT2D eigenvalue weighted by atomic mass is 9.71. The fourth-order valence-electron chi connectivity index (χ4n) is 6.76. The molecule has 0 heterocycles. The summed E-state index contributed by atoms with van der Waals surface area (Å²) in [5.74, 6) is -9.02. The molecule has 1 fully saturated rings. The lowest BCUT2D eigenvalue weighted by molar-refractivity contribution is -0.140. The third-order valence-electron chi connectivity index (χ3n) is 9.72. The molecule has 0 aliphatic heterocycles. The topological polar surface area (TPSA) is 44.8 Å². The van der Waals surface area contributed by atoms with Crippen LogP contribution in [-0.4, -0.2) is 19.2 Å². The number of benzene rings is 3. The minimum atomic E-state index is -1.47. The molecule has 3 aromatic rings. The van der Waals surface area contributed by atoms with Crippen molar-refractivity contribution < 1.29 is 45.3 Å². The van der Waals surface area contributed by atoms with Gasteiger partial charge in [0.25, 0.3) is 0 Å². The van der Waals surface area contributed by atoms with Gasteiger partial charge in [-0.3, -0.25) is 4.79 Å². The molecule has 264 valence electrons. The normalized spacial score (nSPS) is 19.3. The van der Waals surface area contributed by atoms with E-state index >= 15 is 8.78 Å². The number of allylic oxidation sites excluding steroid dienone is 2. The first-order valence-corrected chi connectivity index (χ1v) is 17.3. The van der Waals surface area contributed by atoms with E-state index in [2.05, 4.69) is 0 Å². The molecule has 1 saturated carbocycles. The molecule has 1 atom stereocenters. The third kappa shape index (κ3) is 8.27. The lowest BCUT2D eigenvalue weighted by Gasteiger charge is -2.35. The van der Waals surface area contributed by atoms with E-state index in [1.165, 1.54) is 6.07 Å². The van der Waals surface area contributed by atoms with Crippen molar-refractivity contribution in [3.05, 3.63) is 82.9 Å². The molecule has 3 aromatic carbocycles. The zero-order chi connectivity index (χ0) is 35.1. The molecule has 0 bridgehead atoms. The van der Waals surface area contributed by atoms with Crippen LogP contribution in [0.2, 0.25) is 0 Å². The van der Waals surface area contributed by atoms with Crippen LogP contribution in [0.1, 0.15) is 90.0 Å². The Hall–Kier alpha value is -3.95. The first-order valence-electron chi connectivity index (χ1n) is 17.3. The van der Waals surface area contributed by atoms with Crippen LogP contribution in [0.3, 0.4) is 0 Å². The lowest BCUT2D eigenvalue weighted by Crippen LogP contribution is -2.29. The molecule has 5 rings (SSSR count). The van der Waals surface area contributed by atoms with Crippen molar-refractivity contribution in [1.29, 1.82) is 0 Å². The van der Waals surface area contributed by atoms with Crippen molar-refractivity contribution in [2.45, 2.75) is 84.5 Å². The predicted octanol–water partition coefficient (Wildman–Crippen LogP) is 11.1. The van der Waals surface area contributed by atoms with E-state index in [1.54, 1.807) is 6.07 Å². The average Bonchev–Trinajstić information content (AvgIpc) is 3.11. The maximum absolute atomic E-state index is 15.1. The van der Waals surface area contributed by atoms with Gasteiger partial charge in [0.1, 0.15) is 0 Å². The van der Waals surface area contributed by atoms with Crippen LogP contribution in [0.15, 0.2) is 42.5 Å². The molecule has 0 amide bonds. The van der Waals surface area contributed by atoms with Gasteiger partial charge < -0.3 is 14.2 Å². The van der Waals surface area contributed by atoms with Crippen molar-refractivity contribution in [2.75, 3.05) is 13.2 Å². The number of unbranched alkanes of at least 4 members (excludes halogenated alkanes) is 2. The van der Waals surface area contributed by atoms with Crippen LogP contribution in [0.25, 0.3) is 16.7 Å². The van der Waals surface area contributed by atoms with Crippen LogP contribution >= 0.6 is 0 Å². The molecule has 0 spiro atoms. The van der Waals surface area contributed by atoms with Gasteiger partial charge in [0, 0.05) is 16.7 Å². The van der Waals surface area contributed by atoms with Gasteiger partial charge in [0.2, 0.25) is 17.5 Å². The fourth-order valence-corrected chi connectivity index (χ4v) is 6.76. The van der Waals surface area contributed by atoms with Gasteiger partial charge in [-0.25, -0.2) is 13.2 Å². The number of esters is 1. The SMILES string of the molecule is CCCCOc1ccc(C2=CCC(C3CCC(C(=O)Oc4ccc(-c5ccc(OCCCC)c(F)c5F)c(F)c4F)CC3)CC2)c(F)c1F. The number of ether oxygens (including phenoxy) is 3. The van der Waals surface area contributed by atoms with E-state index in [0.717, 1.165) is 68.4 Å². The molecule has 0 radical (unpaired) electrons. The molecular weight excluding hydrogens is 646 g/mol. The van der Waals surface area contributed by atoms with Gasteiger partial charge >= 0.3 is 5.97 Å². The molecule has 0 aromatic heterocycles. The molecule has 49 heavy (non-hydrogen) atoms. The first kappa shape index (κ1) is 36.3.